The molecule has 0 bridgehead atoms. The largest absolute Gasteiger partial charge is 0.356 e. The van der Waals surface area contributed by atoms with Crippen molar-refractivity contribution in [2.24, 2.45) is 5.41 Å². The van der Waals surface area contributed by atoms with Gasteiger partial charge in [0.2, 0.25) is 15.9 Å². The summed E-state index contributed by atoms with van der Waals surface area (Å²) in [5.41, 5.74) is -0.241. The van der Waals surface area contributed by atoms with Gasteiger partial charge in [-0.1, -0.05) is 6.92 Å². The van der Waals surface area contributed by atoms with Gasteiger partial charge in [-0.2, -0.15) is 0 Å². The summed E-state index contributed by atoms with van der Waals surface area (Å²) in [6.45, 7) is 4.69. The number of carbonyl (C=O) groups is 1. The molecule has 0 spiro atoms. The van der Waals surface area contributed by atoms with Crippen molar-refractivity contribution in [2.45, 2.75) is 32.6 Å². The number of hydrogen-bond acceptors (Lipinski definition) is 4. The minimum absolute atomic E-state index is 0.107. The van der Waals surface area contributed by atoms with Gasteiger partial charge in [0.05, 0.1) is 11.7 Å². The zero-order valence-electron chi connectivity index (χ0n) is 11.8. The molecule has 19 heavy (non-hydrogen) atoms. The fourth-order valence-corrected chi connectivity index (χ4v) is 2.90. The molecule has 0 aliphatic carbocycles. The first-order chi connectivity index (χ1) is 8.90. The van der Waals surface area contributed by atoms with Gasteiger partial charge in [0, 0.05) is 13.1 Å². The number of rotatable bonds is 7. The summed E-state index contributed by atoms with van der Waals surface area (Å²) in [4.78, 5) is 12.2. The van der Waals surface area contributed by atoms with Crippen molar-refractivity contribution in [3.05, 3.63) is 0 Å². The third kappa shape index (κ3) is 5.46. The normalized spacial score (nSPS) is 19.1. The molecule has 112 valence electrons. The summed E-state index contributed by atoms with van der Waals surface area (Å²) < 4.78 is 24.1. The van der Waals surface area contributed by atoms with Gasteiger partial charge in [-0.05, 0) is 38.8 Å². The van der Waals surface area contributed by atoms with Gasteiger partial charge in [-0.25, -0.2) is 13.1 Å². The van der Waals surface area contributed by atoms with Crippen LogP contribution in [0.25, 0.3) is 0 Å². The zero-order chi connectivity index (χ0) is 14.4. The van der Waals surface area contributed by atoms with E-state index in [0.29, 0.717) is 19.5 Å². The smallest absolute Gasteiger partial charge is 0.226 e. The summed E-state index contributed by atoms with van der Waals surface area (Å²) in [5, 5.41) is 6.19. The lowest BCUT2D eigenvalue weighted by Gasteiger charge is -2.35. The lowest BCUT2D eigenvalue weighted by molar-refractivity contribution is -0.132. The van der Waals surface area contributed by atoms with Crippen LogP contribution in [0, 0.1) is 5.41 Å². The van der Waals surface area contributed by atoms with E-state index in [0.717, 1.165) is 38.6 Å². The Labute approximate surface area is 115 Å². The molecule has 3 N–H and O–H groups in total. The molecule has 0 aromatic carbocycles. The molecular formula is C12H25N3O3S. The Bertz CT molecular complexity index is 389. The van der Waals surface area contributed by atoms with Gasteiger partial charge < -0.3 is 10.6 Å². The van der Waals surface area contributed by atoms with Crippen molar-refractivity contribution in [3.8, 4) is 0 Å². The van der Waals surface area contributed by atoms with Gasteiger partial charge in [0.15, 0.2) is 0 Å². The van der Waals surface area contributed by atoms with Crippen LogP contribution in [0.2, 0.25) is 0 Å². The second-order valence-corrected chi connectivity index (χ2v) is 6.99. The molecule has 1 aliphatic heterocycles. The Morgan fingerprint density at radius 1 is 1.26 bits per heavy atom. The SMILES string of the molecule is CCC1(C(=O)NCCCNS(C)(=O)=O)CCNCC1. The van der Waals surface area contributed by atoms with E-state index in [4.69, 9.17) is 0 Å². The lowest BCUT2D eigenvalue weighted by atomic mass is 9.76. The Morgan fingerprint density at radius 2 is 1.89 bits per heavy atom. The number of sulfonamides is 1. The molecule has 7 heteroatoms. The summed E-state index contributed by atoms with van der Waals surface area (Å²) in [7, 11) is -3.13. The summed E-state index contributed by atoms with van der Waals surface area (Å²) in [6, 6.07) is 0. The van der Waals surface area contributed by atoms with Crippen LogP contribution in [0.3, 0.4) is 0 Å². The van der Waals surface area contributed by atoms with Crippen LogP contribution in [0.1, 0.15) is 32.6 Å². The second-order valence-electron chi connectivity index (χ2n) is 5.16. The molecule has 1 rings (SSSR count). The highest BCUT2D eigenvalue weighted by molar-refractivity contribution is 7.88. The molecule has 1 amide bonds. The van der Waals surface area contributed by atoms with Crippen molar-refractivity contribution in [2.75, 3.05) is 32.4 Å². The molecule has 1 saturated heterocycles. The number of hydrogen-bond donors (Lipinski definition) is 3. The number of nitrogens with one attached hydrogen (secondary N) is 3. The molecular weight excluding hydrogens is 266 g/mol. The van der Waals surface area contributed by atoms with Gasteiger partial charge in [-0.3, -0.25) is 4.79 Å². The van der Waals surface area contributed by atoms with Crippen molar-refractivity contribution in [3.63, 3.8) is 0 Å². The molecule has 6 nitrogen and oxygen atoms in total. The Kier molecular flexibility index (Phi) is 6.22. The molecule has 1 heterocycles. The fourth-order valence-electron chi connectivity index (χ4n) is 2.38. The summed E-state index contributed by atoms with van der Waals surface area (Å²) >= 11 is 0. The monoisotopic (exact) mass is 291 g/mol. The van der Waals surface area contributed by atoms with Crippen LogP contribution in [-0.4, -0.2) is 46.8 Å². The molecule has 0 aromatic rings. The van der Waals surface area contributed by atoms with Gasteiger partial charge >= 0.3 is 0 Å². The zero-order valence-corrected chi connectivity index (χ0v) is 12.6. The first-order valence-electron chi connectivity index (χ1n) is 6.83. The van der Waals surface area contributed by atoms with Crippen molar-refractivity contribution in [1.82, 2.24) is 15.4 Å². The van der Waals surface area contributed by atoms with E-state index in [9.17, 15) is 13.2 Å². The fraction of sp³-hybridized carbons (Fsp3) is 0.917. The van der Waals surface area contributed by atoms with E-state index in [1.165, 1.54) is 0 Å². The van der Waals surface area contributed by atoms with E-state index < -0.39 is 10.0 Å². The second kappa shape index (κ2) is 7.21. The van der Waals surface area contributed by atoms with E-state index >= 15 is 0 Å². The van der Waals surface area contributed by atoms with Crippen molar-refractivity contribution >= 4 is 15.9 Å². The number of amides is 1. The van der Waals surface area contributed by atoms with Crippen LogP contribution < -0.4 is 15.4 Å². The lowest BCUT2D eigenvalue weighted by Crippen LogP contribution is -2.47. The van der Waals surface area contributed by atoms with Gasteiger partial charge in [0.1, 0.15) is 0 Å². The third-order valence-electron chi connectivity index (χ3n) is 3.72. The Balaban J connectivity index is 2.29. The summed E-state index contributed by atoms with van der Waals surface area (Å²) in [5.74, 6) is 0.107. The molecule has 1 fully saturated rings. The van der Waals surface area contributed by atoms with Crippen LogP contribution in [-0.2, 0) is 14.8 Å². The molecule has 0 aromatic heterocycles. The van der Waals surface area contributed by atoms with Crippen LogP contribution in [0.5, 0.6) is 0 Å². The maximum absolute atomic E-state index is 12.2. The van der Waals surface area contributed by atoms with E-state index in [1.807, 2.05) is 0 Å². The Morgan fingerprint density at radius 3 is 2.42 bits per heavy atom. The highest BCUT2D eigenvalue weighted by atomic mass is 32.2. The average Bonchev–Trinajstić information content (AvgIpc) is 2.37. The van der Waals surface area contributed by atoms with E-state index in [2.05, 4.69) is 22.3 Å². The third-order valence-corrected chi connectivity index (χ3v) is 4.45. The minimum atomic E-state index is -3.13. The van der Waals surface area contributed by atoms with Gasteiger partial charge in [0.25, 0.3) is 0 Å². The number of piperidine rings is 1. The van der Waals surface area contributed by atoms with Crippen LogP contribution in [0.4, 0.5) is 0 Å². The molecule has 1 aliphatic rings. The first-order valence-corrected chi connectivity index (χ1v) is 8.72. The first kappa shape index (κ1) is 16.4. The molecule has 0 radical (unpaired) electrons. The molecule has 0 unspecified atom stereocenters. The highest BCUT2D eigenvalue weighted by Crippen LogP contribution is 2.32. The highest BCUT2D eigenvalue weighted by Gasteiger charge is 2.37. The van der Waals surface area contributed by atoms with E-state index in [-0.39, 0.29) is 11.3 Å². The Hall–Kier alpha value is -0.660. The van der Waals surface area contributed by atoms with Crippen molar-refractivity contribution < 1.29 is 13.2 Å². The minimum Gasteiger partial charge on any atom is -0.356 e. The molecule has 0 atom stereocenters. The van der Waals surface area contributed by atoms with E-state index in [1.54, 1.807) is 0 Å². The number of carbonyl (C=O) groups excluding carboxylic acids is 1. The van der Waals surface area contributed by atoms with Crippen molar-refractivity contribution in [1.29, 1.82) is 0 Å². The van der Waals surface area contributed by atoms with Crippen LogP contribution >= 0.6 is 0 Å². The average molecular weight is 291 g/mol. The maximum atomic E-state index is 12.2. The van der Waals surface area contributed by atoms with Gasteiger partial charge in [-0.15, -0.1) is 0 Å². The maximum Gasteiger partial charge on any atom is 0.226 e. The predicted molar refractivity (Wildman–Crippen MR) is 75.3 cm³/mol. The standard InChI is InChI=1S/C12H25N3O3S/c1-3-12(5-9-13-10-6-12)11(16)14-7-4-8-15-19(2,17)18/h13,15H,3-10H2,1-2H3,(H,14,16). The topological polar surface area (TPSA) is 87.3 Å². The van der Waals surface area contributed by atoms with Crippen LogP contribution in [0.15, 0.2) is 0 Å². The molecule has 0 saturated carbocycles. The quantitative estimate of drug-likeness (QED) is 0.568. The summed E-state index contributed by atoms with van der Waals surface area (Å²) in [6.07, 6.45) is 4.33. The predicted octanol–water partition coefficient (Wildman–Crippen LogP) is -0.178.